The van der Waals surface area contributed by atoms with Crippen LogP contribution in [-0.4, -0.2) is 10.2 Å². The Morgan fingerprint density at radius 3 is 2.11 bits per heavy atom. The lowest BCUT2D eigenvalue weighted by Crippen LogP contribution is -1.82. The van der Waals surface area contributed by atoms with Crippen molar-refractivity contribution in [2.75, 3.05) is 0 Å². The van der Waals surface area contributed by atoms with E-state index in [1.165, 1.54) is 6.07 Å². The molecule has 1 heterocycles. The molecule has 19 heavy (non-hydrogen) atoms. The van der Waals surface area contributed by atoms with Gasteiger partial charge in [-0.2, -0.15) is 0 Å². The van der Waals surface area contributed by atoms with Gasteiger partial charge in [-0.25, -0.2) is 4.39 Å². The van der Waals surface area contributed by atoms with Crippen molar-refractivity contribution < 1.29 is 8.81 Å². The van der Waals surface area contributed by atoms with Crippen LogP contribution in [0.5, 0.6) is 0 Å². The fourth-order valence-electron chi connectivity index (χ4n) is 1.89. The second-order valence-corrected chi connectivity index (χ2v) is 4.21. The Labute approximate surface area is 109 Å². The predicted molar refractivity (Wildman–Crippen MR) is 69.9 cm³/mol. The molecular formula is C15H11FN2O. The largest absolute Gasteiger partial charge is 0.416 e. The molecule has 0 spiro atoms. The molecule has 0 aliphatic carbocycles. The topological polar surface area (TPSA) is 38.9 Å². The molecule has 0 aliphatic heterocycles. The molecular weight excluding hydrogens is 243 g/mol. The molecule has 0 aliphatic rings. The van der Waals surface area contributed by atoms with Crippen LogP contribution in [0.3, 0.4) is 0 Å². The predicted octanol–water partition coefficient (Wildman–Crippen LogP) is 3.85. The molecule has 0 fully saturated rings. The summed E-state index contributed by atoms with van der Waals surface area (Å²) in [5.74, 6) is 0.218. The van der Waals surface area contributed by atoms with Gasteiger partial charge < -0.3 is 4.42 Å². The van der Waals surface area contributed by atoms with Crippen molar-refractivity contribution in [3.8, 4) is 22.9 Å². The van der Waals surface area contributed by atoms with Crippen molar-refractivity contribution >= 4 is 0 Å². The molecule has 0 amide bonds. The summed E-state index contributed by atoms with van der Waals surface area (Å²) in [7, 11) is 0. The molecule has 1 aromatic heterocycles. The molecule has 0 saturated heterocycles. The minimum atomic E-state index is -0.373. The zero-order valence-electron chi connectivity index (χ0n) is 10.3. The molecule has 94 valence electrons. The van der Waals surface area contributed by atoms with E-state index >= 15 is 0 Å². The standard InChI is InChI=1S/C15H11FN2O/c1-10-6-2-3-7-11(10)14-17-18-15(19-14)12-8-4-5-9-13(12)16/h2-9H,1H3. The van der Waals surface area contributed by atoms with Crippen LogP contribution < -0.4 is 0 Å². The molecule has 0 bridgehead atoms. The van der Waals surface area contributed by atoms with Crippen molar-refractivity contribution in [3.63, 3.8) is 0 Å². The first-order valence-electron chi connectivity index (χ1n) is 5.90. The Bertz CT molecular complexity index is 661. The summed E-state index contributed by atoms with van der Waals surface area (Å²) in [6, 6.07) is 14.0. The first kappa shape index (κ1) is 11.6. The Morgan fingerprint density at radius 2 is 1.42 bits per heavy atom. The highest BCUT2D eigenvalue weighted by molar-refractivity contribution is 5.60. The maximum atomic E-state index is 13.6. The minimum absolute atomic E-state index is 0.191. The van der Waals surface area contributed by atoms with Gasteiger partial charge in [0.25, 0.3) is 5.89 Å². The van der Waals surface area contributed by atoms with Crippen molar-refractivity contribution in [1.82, 2.24) is 10.2 Å². The van der Waals surface area contributed by atoms with Gasteiger partial charge in [0.15, 0.2) is 0 Å². The lowest BCUT2D eigenvalue weighted by atomic mass is 10.1. The van der Waals surface area contributed by atoms with Crippen LogP contribution in [0.1, 0.15) is 5.56 Å². The van der Waals surface area contributed by atoms with E-state index in [1.807, 2.05) is 31.2 Å². The van der Waals surface area contributed by atoms with Crippen LogP contribution in [0.4, 0.5) is 4.39 Å². The fourth-order valence-corrected chi connectivity index (χ4v) is 1.89. The van der Waals surface area contributed by atoms with E-state index in [1.54, 1.807) is 18.2 Å². The smallest absolute Gasteiger partial charge is 0.251 e. The van der Waals surface area contributed by atoms with E-state index < -0.39 is 0 Å². The molecule has 3 nitrogen and oxygen atoms in total. The van der Waals surface area contributed by atoms with Crippen molar-refractivity contribution in [2.24, 2.45) is 0 Å². The monoisotopic (exact) mass is 254 g/mol. The number of nitrogens with zero attached hydrogens (tertiary/aromatic N) is 2. The third kappa shape index (κ3) is 2.12. The number of hydrogen-bond donors (Lipinski definition) is 0. The van der Waals surface area contributed by atoms with Crippen molar-refractivity contribution in [3.05, 3.63) is 59.9 Å². The van der Waals surface area contributed by atoms with Crippen LogP contribution in [-0.2, 0) is 0 Å². The zero-order valence-corrected chi connectivity index (χ0v) is 10.3. The lowest BCUT2D eigenvalue weighted by molar-refractivity contribution is 0.570. The molecule has 0 radical (unpaired) electrons. The molecule has 3 aromatic rings. The normalized spacial score (nSPS) is 10.6. The summed E-state index contributed by atoms with van der Waals surface area (Å²) in [6.07, 6.45) is 0. The fraction of sp³-hybridized carbons (Fsp3) is 0.0667. The van der Waals surface area contributed by atoms with Gasteiger partial charge in [0.1, 0.15) is 5.82 Å². The lowest BCUT2D eigenvalue weighted by Gasteiger charge is -1.99. The third-order valence-electron chi connectivity index (χ3n) is 2.90. The Hall–Kier alpha value is -2.49. The van der Waals surface area contributed by atoms with Crippen LogP contribution in [0, 0.1) is 12.7 Å². The minimum Gasteiger partial charge on any atom is -0.416 e. The summed E-state index contributed by atoms with van der Waals surface area (Å²) in [4.78, 5) is 0. The number of halogens is 1. The highest BCUT2D eigenvalue weighted by atomic mass is 19.1. The summed E-state index contributed by atoms with van der Waals surface area (Å²) in [6.45, 7) is 1.96. The van der Waals surface area contributed by atoms with E-state index in [0.717, 1.165) is 11.1 Å². The number of aromatic nitrogens is 2. The van der Waals surface area contributed by atoms with Crippen LogP contribution in [0.15, 0.2) is 52.9 Å². The van der Waals surface area contributed by atoms with E-state index in [9.17, 15) is 4.39 Å². The Kier molecular flexibility index (Phi) is 2.83. The van der Waals surface area contributed by atoms with E-state index in [2.05, 4.69) is 10.2 Å². The summed E-state index contributed by atoms with van der Waals surface area (Å²) < 4.78 is 19.2. The molecule has 4 heteroatoms. The number of rotatable bonds is 2. The summed E-state index contributed by atoms with van der Waals surface area (Å²) in [5, 5.41) is 7.89. The second kappa shape index (κ2) is 4.65. The van der Waals surface area contributed by atoms with Gasteiger partial charge in [-0.1, -0.05) is 30.3 Å². The Morgan fingerprint density at radius 1 is 0.842 bits per heavy atom. The highest BCUT2D eigenvalue weighted by Crippen LogP contribution is 2.27. The van der Waals surface area contributed by atoms with Crippen LogP contribution in [0.25, 0.3) is 22.9 Å². The van der Waals surface area contributed by atoms with Gasteiger partial charge in [0.2, 0.25) is 5.89 Å². The van der Waals surface area contributed by atoms with Gasteiger partial charge in [-0.05, 0) is 30.7 Å². The zero-order chi connectivity index (χ0) is 13.2. The van der Waals surface area contributed by atoms with Gasteiger partial charge in [-0.3, -0.25) is 0 Å². The van der Waals surface area contributed by atoms with Crippen LogP contribution >= 0.6 is 0 Å². The third-order valence-corrected chi connectivity index (χ3v) is 2.90. The summed E-state index contributed by atoms with van der Waals surface area (Å²) >= 11 is 0. The first-order chi connectivity index (χ1) is 9.25. The SMILES string of the molecule is Cc1ccccc1-c1nnc(-c2ccccc2F)o1. The van der Waals surface area contributed by atoms with E-state index in [4.69, 9.17) is 4.42 Å². The maximum Gasteiger partial charge on any atom is 0.251 e. The average molecular weight is 254 g/mol. The van der Waals surface area contributed by atoms with Crippen molar-refractivity contribution in [1.29, 1.82) is 0 Å². The molecule has 0 unspecified atom stereocenters. The van der Waals surface area contributed by atoms with Gasteiger partial charge >= 0.3 is 0 Å². The van der Waals surface area contributed by atoms with Gasteiger partial charge in [0.05, 0.1) is 5.56 Å². The van der Waals surface area contributed by atoms with Gasteiger partial charge in [0, 0.05) is 5.56 Å². The van der Waals surface area contributed by atoms with E-state index in [-0.39, 0.29) is 11.7 Å². The molecule has 0 saturated carbocycles. The summed E-state index contributed by atoms with van der Waals surface area (Å²) in [5.41, 5.74) is 2.21. The quantitative estimate of drug-likeness (QED) is 0.697. The number of hydrogen-bond acceptors (Lipinski definition) is 3. The van der Waals surface area contributed by atoms with Crippen LogP contribution in [0.2, 0.25) is 0 Å². The first-order valence-corrected chi connectivity index (χ1v) is 5.90. The molecule has 0 atom stereocenters. The molecule has 3 rings (SSSR count). The highest BCUT2D eigenvalue weighted by Gasteiger charge is 2.14. The average Bonchev–Trinajstić information content (AvgIpc) is 2.89. The molecule has 2 aromatic carbocycles. The van der Waals surface area contributed by atoms with E-state index in [0.29, 0.717) is 11.5 Å². The Balaban J connectivity index is 2.06. The number of aryl methyl sites for hydroxylation is 1. The van der Waals surface area contributed by atoms with Crippen molar-refractivity contribution in [2.45, 2.75) is 6.92 Å². The second-order valence-electron chi connectivity index (χ2n) is 4.21. The number of benzene rings is 2. The maximum absolute atomic E-state index is 13.6. The van der Waals surface area contributed by atoms with Gasteiger partial charge in [-0.15, -0.1) is 10.2 Å². The molecule has 0 N–H and O–H groups in total.